The van der Waals surface area contributed by atoms with E-state index in [1.54, 1.807) is 11.3 Å². The summed E-state index contributed by atoms with van der Waals surface area (Å²) in [6.45, 7) is 6.32. The molecule has 0 aliphatic carbocycles. The first-order chi connectivity index (χ1) is 13.6. The summed E-state index contributed by atoms with van der Waals surface area (Å²) < 4.78 is 6.47. The van der Waals surface area contributed by atoms with Crippen LogP contribution in [0.1, 0.15) is 26.2 Å². The molecule has 4 rings (SSSR count). The lowest BCUT2D eigenvalue weighted by Gasteiger charge is -2.31. The lowest BCUT2D eigenvalue weighted by molar-refractivity contribution is -0.134. The number of rotatable bonds is 4. The number of nitrogens with one attached hydrogen (secondary N) is 1. The second kappa shape index (κ2) is 8.45. The van der Waals surface area contributed by atoms with Gasteiger partial charge in [0.05, 0.1) is 29.3 Å². The van der Waals surface area contributed by atoms with E-state index in [1.807, 2.05) is 30.0 Å². The van der Waals surface area contributed by atoms with Gasteiger partial charge in [0.1, 0.15) is 0 Å². The molecule has 8 heteroatoms. The molecule has 1 N–H and O–H groups in total. The molecule has 2 saturated heterocycles. The van der Waals surface area contributed by atoms with E-state index in [9.17, 15) is 9.59 Å². The predicted molar refractivity (Wildman–Crippen MR) is 111 cm³/mol. The van der Waals surface area contributed by atoms with Crippen LogP contribution in [-0.2, 0) is 14.3 Å². The Morgan fingerprint density at radius 3 is 2.89 bits per heavy atom. The van der Waals surface area contributed by atoms with Crippen LogP contribution >= 0.6 is 11.3 Å². The van der Waals surface area contributed by atoms with Gasteiger partial charge < -0.3 is 19.9 Å². The minimum absolute atomic E-state index is 0.00845. The number of carbonyl (C=O) groups is 2. The minimum atomic E-state index is -0.148. The van der Waals surface area contributed by atoms with Crippen LogP contribution in [0, 0.1) is 5.92 Å². The standard InChI is InChI=1S/C20H26N4O3S/c1-2-18(25)24-7-3-4-14(13-24)19(26)21-15-5-6-16-17(12-15)28-20(22-16)23-8-10-27-11-9-23/h5-6,12,14H,2-4,7-11,13H2,1H3,(H,21,26). The van der Waals surface area contributed by atoms with Gasteiger partial charge in [-0.1, -0.05) is 18.3 Å². The number of piperidine rings is 1. The number of thiazole rings is 1. The molecule has 3 heterocycles. The molecule has 1 aromatic heterocycles. The molecule has 2 aliphatic heterocycles. The number of benzene rings is 1. The lowest BCUT2D eigenvalue weighted by atomic mass is 9.96. The minimum Gasteiger partial charge on any atom is -0.378 e. The molecule has 2 fully saturated rings. The van der Waals surface area contributed by atoms with Gasteiger partial charge in [-0.3, -0.25) is 9.59 Å². The highest BCUT2D eigenvalue weighted by molar-refractivity contribution is 7.22. The number of likely N-dealkylation sites (tertiary alicyclic amines) is 1. The van der Waals surface area contributed by atoms with Gasteiger partial charge >= 0.3 is 0 Å². The van der Waals surface area contributed by atoms with E-state index in [4.69, 9.17) is 9.72 Å². The zero-order chi connectivity index (χ0) is 19.5. The van der Waals surface area contributed by atoms with E-state index in [2.05, 4.69) is 10.2 Å². The van der Waals surface area contributed by atoms with Crippen LogP contribution in [0.25, 0.3) is 10.2 Å². The Bertz CT molecular complexity index is 862. The van der Waals surface area contributed by atoms with Crippen LogP contribution in [-0.4, -0.2) is 61.1 Å². The van der Waals surface area contributed by atoms with Crippen molar-refractivity contribution in [3.05, 3.63) is 18.2 Å². The van der Waals surface area contributed by atoms with Crippen molar-refractivity contribution in [2.24, 2.45) is 5.92 Å². The van der Waals surface area contributed by atoms with E-state index in [1.165, 1.54) is 0 Å². The molecule has 0 saturated carbocycles. The van der Waals surface area contributed by atoms with Gasteiger partial charge in [-0.2, -0.15) is 0 Å². The summed E-state index contributed by atoms with van der Waals surface area (Å²) in [7, 11) is 0. The Kier molecular flexibility index (Phi) is 5.77. The average molecular weight is 403 g/mol. The summed E-state index contributed by atoms with van der Waals surface area (Å²) in [6, 6.07) is 5.85. The molecule has 0 bridgehead atoms. The van der Waals surface area contributed by atoms with Gasteiger partial charge in [0.15, 0.2) is 5.13 Å². The van der Waals surface area contributed by atoms with Crippen LogP contribution in [0.15, 0.2) is 18.2 Å². The third-order valence-corrected chi connectivity index (χ3v) is 6.45. The van der Waals surface area contributed by atoms with Gasteiger partial charge in [0, 0.05) is 38.3 Å². The zero-order valence-corrected chi connectivity index (χ0v) is 17.0. The summed E-state index contributed by atoms with van der Waals surface area (Å²) in [4.78, 5) is 33.5. The number of aromatic nitrogens is 1. The van der Waals surface area contributed by atoms with Crippen molar-refractivity contribution in [1.29, 1.82) is 0 Å². The van der Waals surface area contributed by atoms with Crippen LogP contribution < -0.4 is 10.2 Å². The Morgan fingerprint density at radius 1 is 1.29 bits per heavy atom. The number of amides is 2. The van der Waals surface area contributed by atoms with E-state index in [0.717, 1.165) is 66.7 Å². The first-order valence-electron chi connectivity index (χ1n) is 9.96. The first kappa shape index (κ1) is 19.1. The van der Waals surface area contributed by atoms with Crippen LogP contribution in [0.2, 0.25) is 0 Å². The fraction of sp³-hybridized carbons (Fsp3) is 0.550. The molecule has 2 aromatic rings. The fourth-order valence-corrected chi connectivity index (χ4v) is 4.82. The topological polar surface area (TPSA) is 74.8 Å². The zero-order valence-electron chi connectivity index (χ0n) is 16.1. The molecule has 0 radical (unpaired) electrons. The molecule has 150 valence electrons. The normalized spacial score (nSPS) is 20.4. The van der Waals surface area contributed by atoms with Gasteiger partial charge in [0.2, 0.25) is 11.8 Å². The number of carbonyl (C=O) groups excluding carboxylic acids is 2. The summed E-state index contributed by atoms with van der Waals surface area (Å²) in [6.07, 6.45) is 2.19. The van der Waals surface area contributed by atoms with Crippen molar-refractivity contribution in [3.63, 3.8) is 0 Å². The highest BCUT2D eigenvalue weighted by Gasteiger charge is 2.28. The highest BCUT2D eigenvalue weighted by atomic mass is 32.1. The van der Waals surface area contributed by atoms with E-state index < -0.39 is 0 Å². The number of hydrogen-bond donors (Lipinski definition) is 1. The number of ether oxygens (including phenoxy) is 1. The van der Waals surface area contributed by atoms with Crippen molar-refractivity contribution >= 4 is 44.2 Å². The van der Waals surface area contributed by atoms with E-state index in [-0.39, 0.29) is 17.7 Å². The summed E-state index contributed by atoms with van der Waals surface area (Å²) in [5, 5.41) is 4.04. The monoisotopic (exact) mass is 402 g/mol. The summed E-state index contributed by atoms with van der Waals surface area (Å²) in [5.74, 6) is -0.0320. The molecule has 1 unspecified atom stereocenters. The molecular weight excluding hydrogens is 376 g/mol. The maximum absolute atomic E-state index is 12.7. The van der Waals surface area contributed by atoms with Gasteiger partial charge in [-0.05, 0) is 31.0 Å². The van der Waals surface area contributed by atoms with Crippen molar-refractivity contribution in [2.45, 2.75) is 26.2 Å². The Morgan fingerprint density at radius 2 is 2.11 bits per heavy atom. The summed E-state index contributed by atoms with van der Waals surface area (Å²) in [5.41, 5.74) is 1.73. The third kappa shape index (κ3) is 4.12. The maximum Gasteiger partial charge on any atom is 0.229 e. The molecule has 28 heavy (non-hydrogen) atoms. The van der Waals surface area contributed by atoms with E-state index >= 15 is 0 Å². The number of fused-ring (bicyclic) bond motifs is 1. The Hall–Kier alpha value is -2.19. The Labute approximate surface area is 168 Å². The second-order valence-electron chi connectivity index (χ2n) is 7.30. The number of hydrogen-bond acceptors (Lipinski definition) is 6. The van der Waals surface area contributed by atoms with E-state index in [0.29, 0.717) is 13.0 Å². The fourth-order valence-electron chi connectivity index (χ4n) is 3.77. The maximum atomic E-state index is 12.7. The number of anilines is 2. The van der Waals surface area contributed by atoms with Gasteiger partial charge in [-0.25, -0.2) is 4.98 Å². The average Bonchev–Trinajstić information content (AvgIpc) is 3.17. The molecule has 1 aromatic carbocycles. The molecular formula is C20H26N4O3S. The first-order valence-corrected chi connectivity index (χ1v) is 10.8. The third-order valence-electron chi connectivity index (χ3n) is 5.37. The Balaban J connectivity index is 1.44. The van der Waals surface area contributed by atoms with Gasteiger partial charge in [-0.15, -0.1) is 0 Å². The van der Waals surface area contributed by atoms with Crippen molar-refractivity contribution < 1.29 is 14.3 Å². The quantitative estimate of drug-likeness (QED) is 0.851. The lowest BCUT2D eigenvalue weighted by Crippen LogP contribution is -2.43. The predicted octanol–water partition coefficient (Wildman–Crippen LogP) is 2.72. The van der Waals surface area contributed by atoms with Crippen LogP contribution in [0.3, 0.4) is 0 Å². The highest BCUT2D eigenvalue weighted by Crippen LogP contribution is 2.31. The molecule has 1 atom stereocenters. The van der Waals surface area contributed by atoms with Crippen molar-refractivity contribution in [3.8, 4) is 0 Å². The van der Waals surface area contributed by atoms with Crippen molar-refractivity contribution in [2.75, 3.05) is 49.6 Å². The van der Waals surface area contributed by atoms with Crippen molar-refractivity contribution in [1.82, 2.24) is 9.88 Å². The number of morpholine rings is 1. The van der Waals surface area contributed by atoms with Crippen LogP contribution in [0.5, 0.6) is 0 Å². The summed E-state index contributed by atoms with van der Waals surface area (Å²) >= 11 is 1.64. The smallest absolute Gasteiger partial charge is 0.229 e. The second-order valence-corrected chi connectivity index (χ2v) is 8.31. The number of nitrogens with zero attached hydrogens (tertiary/aromatic N) is 3. The molecule has 0 spiro atoms. The van der Waals surface area contributed by atoms with Crippen LogP contribution in [0.4, 0.5) is 10.8 Å². The SMILES string of the molecule is CCC(=O)N1CCCC(C(=O)Nc2ccc3nc(N4CCOCC4)sc3c2)C1. The molecule has 2 aliphatic rings. The molecule has 2 amide bonds. The van der Waals surface area contributed by atoms with Gasteiger partial charge in [0.25, 0.3) is 0 Å². The molecule has 7 nitrogen and oxygen atoms in total. The largest absolute Gasteiger partial charge is 0.378 e.